The summed E-state index contributed by atoms with van der Waals surface area (Å²) in [4.78, 5) is 10.6. The molecule has 1 fully saturated rings. The van der Waals surface area contributed by atoms with E-state index in [2.05, 4.69) is 0 Å². The summed E-state index contributed by atoms with van der Waals surface area (Å²) in [6, 6.07) is 6.60. The molecule has 19 heavy (non-hydrogen) atoms. The molecule has 0 aliphatic carbocycles. The molecule has 1 saturated heterocycles. The third kappa shape index (κ3) is 4.11. The van der Waals surface area contributed by atoms with Gasteiger partial charge in [0.1, 0.15) is 24.2 Å². The van der Waals surface area contributed by atoms with Crippen LogP contribution in [0.3, 0.4) is 0 Å². The molecule has 6 nitrogen and oxygen atoms in total. The van der Waals surface area contributed by atoms with Gasteiger partial charge in [-0.05, 0) is 38.1 Å². The topological polar surface area (TPSA) is 80.0 Å². The number of amides is 1. The summed E-state index contributed by atoms with van der Waals surface area (Å²) in [7, 11) is 0. The second-order valence-electron chi connectivity index (χ2n) is 4.65. The summed E-state index contributed by atoms with van der Waals surface area (Å²) in [5.41, 5.74) is 4.91. The lowest BCUT2D eigenvalue weighted by molar-refractivity contribution is -0.141. The van der Waals surface area contributed by atoms with Crippen LogP contribution in [0, 0.1) is 0 Å². The zero-order valence-electron chi connectivity index (χ0n) is 10.9. The Balaban J connectivity index is 1.82. The van der Waals surface area contributed by atoms with Gasteiger partial charge >= 0.3 is 6.09 Å². The average molecular weight is 267 g/mol. The molecule has 2 rings (SSSR count). The zero-order valence-corrected chi connectivity index (χ0v) is 10.9. The van der Waals surface area contributed by atoms with Crippen LogP contribution in [-0.2, 0) is 9.47 Å². The fraction of sp³-hybridized carbons (Fsp3) is 0.462. The molecule has 0 aromatic heterocycles. The third-order valence-electron chi connectivity index (χ3n) is 2.55. The summed E-state index contributed by atoms with van der Waals surface area (Å²) >= 11 is 0. The van der Waals surface area contributed by atoms with Crippen molar-refractivity contribution < 1.29 is 23.7 Å². The van der Waals surface area contributed by atoms with E-state index in [1.54, 1.807) is 24.3 Å². The zero-order chi connectivity index (χ0) is 13.9. The Labute approximate surface area is 111 Å². The quantitative estimate of drug-likeness (QED) is 0.897. The molecule has 0 radical (unpaired) electrons. The number of ether oxygens (including phenoxy) is 4. The average Bonchev–Trinajstić information content (AvgIpc) is 2.67. The maximum absolute atomic E-state index is 10.6. The molecule has 6 heteroatoms. The Kier molecular flexibility index (Phi) is 3.92. The Morgan fingerprint density at radius 1 is 1.37 bits per heavy atom. The second-order valence-corrected chi connectivity index (χ2v) is 4.65. The molecule has 104 valence electrons. The molecule has 0 spiro atoms. The van der Waals surface area contributed by atoms with E-state index in [4.69, 9.17) is 24.7 Å². The molecule has 1 aromatic rings. The molecule has 1 amide bonds. The fourth-order valence-electron chi connectivity index (χ4n) is 1.75. The first-order valence-corrected chi connectivity index (χ1v) is 5.96. The normalized spacial score (nSPS) is 21.1. The number of primary amides is 1. The van der Waals surface area contributed by atoms with Gasteiger partial charge in [0.25, 0.3) is 0 Å². The summed E-state index contributed by atoms with van der Waals surface area (Å²) in [5.74, 6) is 0.485. The van der Waals surface area contributed by atoms with E-state index < -0.39 is 11.9 Å². The number of carbonyl (C=O) groups excluding carboxylic acids is 1. The van der Waals surface area contributed by atoms with Crippen molar-refractivity contribution in [2.45, 2.75) is 25.7 Å². The van der Waals surface area contributed by atoms with Crippen LogP contribution in [0.25, 0.3) is 0 Å². The molecular weight excluding hydrogens is 250 g/mol. The summed E-state index contributed by atoms with van der Waals surface area (Å²) in [6.45, 7) is 4.64. The number of nitrogens with two attached hydrogens (primary N) is 1. The van der Waals surface area contributed by atoms with E-state index in [9.17, 15) is 4.79 Å². The predicted molar refractivity (Wildman–Crippen MR) is 67.1 cm³/mol. The molecule has 0 bridgehead atoms. The van der Waals surface area contributed by atoms with Crippen LogP contribution in [0.4, 0.5) is 4.79 Å². The maximum atomic E-state index is 10.6. The van der Waals surface area contributed by atoms with Gasteiger partial charge in [0.05, 0.1) is 6.61 Å². The molecule has 1 atom stereocenters. The second kappa shape index (κ2) is 5.46. The number of hydrogen-bond donors (Lipinski definition) is 1. The largest absolute Gasteiger partial charge is 0.491 e. The monoisotopic (exact) mass is 267 g/mol. The number of benzene rings is 1. The van der Waals surface area contributed by atoms with Crippen molar-refractivity contribution in [1.82, 2.24) is 0 Å². The highest BCUT2D eigenvalue weighted by Crippen LogP contribution is 2.23. The van der Waals surface area contributed by atoms with Gasteiger partial charge in [-0.25, -0.2) is 4.79 Å². The van der Waals surface area contributed by atoms with E-state index in [-0.39, 0.29) is 6.10 Å². The highest BCUT2D eigenvalue weighted by molar-refractivity contribution is 5.68. The molecular formula is C13H17NO5. The Hall–Kier alpha value is -1.79. The molecule has 1 aliphatic rings. The lowest BCUT2D eigenvalue weighted by Crippen LogP contribution is -2.25. The van der Waals surface area contributed by atoms with Gasteiger partial charge in [-0.2, -0.15) is 0 Å². The van der Waals surface area contributed by atoms with Gasteiger partial charge in [-0.3, -0.25) is 0 Å². The van der Waals surface area contributed by atoms with E-state index in [1.807, 2.05) is 13.8 Å². The van der Waals surface area contributed by atoms with Crippen molar-refractivity contribution in [3.05, 3.63) is 24.3 Å². The van der Waals surface area contributed by atoms with Crippen LogP contribution >= 0.6 is 0 Å². The van der Waals surface area contributed by atoms with Crippen LogP contribution < -0.4 is 15.2 Å². The minimum absolute atomic E-state index is 0.0865. The maximum Gasteiger partial charge on any atom is 0.409 e. The first-order chi connectivity index (χ1) is 8.94. The molecule has 0 saturated carbocycles. The Morgan fingerprint density at radius 3 is 2.53 bits per heavy atom. The molecule has 1 unspecified atom stereocenters. The van der Waals surface area contributed by atoms with Gasteiger partial charge in [0.2, 0.25) is 0 Å². The minimum Gasteiger partial charge on any atom is -0.491 e. The molecule has 1 heterocycles. The Morgan fingerprint density at radius 2 is 2.00 bits per heavy atom. The highest BCUT2D eigenvalue weighted by Gasteiger charge is 2.32. The lowest BCUT2D eigenvalue weighted by Gasteiger charge is -2.17. The SMILES string of the molecule is CC1(C)OCC(COc2ccc(OC(N)=O)cc2)O1. The van der Waals surface area contributed by atoms with E-state index >= 15 is 0 Å². The van der Waals surface area contributed by atoms with Crippen LogP contribution in [0.2, 0.25) is 0 Å². The minimum atomic E-state index is -0.840. The summed E-state index contributed by atoms with van der Waals surface area (Å²) in [5, 5.41) is 0. The van der Waals surface area contributed by atoms with Gasteiger partial charge in [0, 0.05) is 0 Å². The van der Waals surface area contributed by atoms with Crippen LogP contribution in [-0.4, -0.2) is 31.2 Å². The van der Waals surface area contributed by atoms with Crippen LogP contribution in [0.15, 0.2) is 24.3 Å². The fourth-order valence-corrected chi connectivity index (χ4v) is 1.75. The summed E-state index contributed by atoms with van der Waals surface area (Å²) in [6.07, 6.45) is -0.927. The van der Waals surface area contributed by atoms with Gasteiger partial charge < -0.3 is 24.7 Å². The Bertz CT molecular complexity index is 443. The van der Waals surface area contributed by atoms with E-state index in [0.717, 1.165) is 0 Å². The van der Waals surface area contributed by atoms with Crippen LogP contribution in [0.5, 0.6) is 11.5 Å². The first kappa shape index (κ1) is 13.6. The number of rotatable bonds is 4. The third-order valence-corrected chi connectivity index (χ3v) is 2.55. The van der Waals surface area contributed by atoms with Crippen molar-refractivity contribution in [3.8, 4) is 11.5 Å². The van der Waals surface area contributed by atoms with Gasteiger partial charge in [-0.1, -0.05) is 0 Å². The van der Waals surface area contributed by atoms with Crippen molar-refractivity contribution in [2.75, 3.05) is 13.2 Å². The summed E-state index contributed by atoms with van der Waals surface area (Å²) < 4.78 is 21.3. The number of hydrogen-bond acceptors (Lipinski definition) is 5. The first-order valence-electron chi connectivity index (χ1n) is 5.96. The van der Waals surface area contributed by atoms with Gasteiger partial charge in [0.15, 0.2) is 5.79 Å². The number of carbonyl (C=O) groups is 1. The van der Waals surface area contributed by atoms with E-state index in [0.29, 0.717) is 24.7 Å². The van der Waals surface area contributed by atoms with Crippen molar-refractivity contribution in [1.29, 1.82) is 0 Å². The standard InChI is InChI=1S/C13H17NO5/c1-13(2)17-8-11(19-13)7-16-9-3-5-10(6-4-9)18-12(14)15/h3-6,11H,7-8H2,1-2H3,(H2,14,15). The van der Waals surface area contributed by atoms with Gasteiger partial charge in [-0.15, -0.1) is 0 Å². The molecule has 1 aliphatic heterocycles. The van der Waals surface area contributed by atoms with E-state index in [1.165, 1.54) is 0 Å². The van der Waals surface area contributed by atoms with Crippen molar-refractivity contribution >= 4 is 6.09 Å². The molecule has 2 N–H and O–H groups in total. The van der Waals surface area contributed by atoms with Crippen molar-refractivity contribution in [2.24, 2.45) is 5.73 Å². The van der Waals surface area contributed by atoms with Crippen LogP contribution in [0.1, 0.15) is 13.8 Å². The molecule has 1 aromatic carbocycles. The highest BCUT2D eigenvalue weighted by atomic mass is 16.7. The smallest absolute Gasteiger partial charge is 0.409 e. The predicted octanol–water partition coefficient (Wildman–Crippen LogP) is 1.67. The lowest BCUT2D eigenvalue weighted by atomic mass is 10.3. The van der Waals surface area contributed by atoms with Crippen molar-refractivity contribution in [3.63, 3.8) is 0 Å².